The molecule has 2 unspecified atom stereocenters. The molecule has 2 aromatic rings. The zero-order valence-corrected chi connectivity index (χ0v) is 12.5. The van der Waals surface area contributed by atoms with E-state index in [0.29, 0.717) is 6.04 Å². The van der Waals surface area contributed by atoms with Crippen molar-refractivity contribution in [1.29, 1.82) is 0 Å². The molecule has 5 nitrogen and oxygen atoms in total. The van der Waals surface area contributed by atoms with Crippen LogP contribution in [-0.4, -0.2) is 32.0 Å². The third-order valence-corrected chi connectivity index (χ3v) is 4.69. The van der Waals surface area contributed by atoms with Gasteiger partial charge in [0.1, 0.15) is 0 Å². The first kappa shape index (κ1) is 13.5. The number of pyridine rings is 1. The standard InChI is InChI=1S/C15H22N4O/c1-9-11-5-10(8-17-14(11)19(4)18-9)7-16-12-6-13(20)15(12,2)3/h5,8,12-13,16,20H,6-7H2,1-4H3. The molecule has 108 valence electrons. The van der Waals surface area contributed by atoms with Gasteiger partial charge in [-0.3, -0.25) is 4.68 Å². The molecule has 1 aliphatic rings. The molecule has 2 heterocycles. The molecule has 1 aliphatic carbocycles. The van der Waals surface area contributed by atoms with Crippen LogP contribution in [0.4, 0.5) is 0 Å². The topological polar surface area (TPSA) is 63.0 Å². The minimum Gasteiger partial charge on any atom is -0.392 e. The summed E-state index contributed by atoms with van der Waals surface area (Å²) in [5.74, 6) is 0. The Bertz CT molecular complexity index is 647. The number of fused-ring (bicyclic) bond motifs is 1. The van der Waals surface area contributed by atoms with Gasteiger partial charge >= 0.3 is 0 Å². The van der Waals surface area contributed by atoms with Crippen LogP contribution in [0.5, 0.6) is 0 Å². The van der Waals surface area contributed by atoms with E-state index in [9.17, 15) is 5.11 Å². The number of rotatable bonds is 3. The van der Waals surface area contributed by atoms with Gasteiger partial charge in [-0.05, 0) is 25.0 Å². The third-order valence-electron chi connectivity index (χ3n) is 4.69. The molecule has 0 spiro atoms. The van der Waals surface area contributed by atoms with Crippen LogP contribution in [0.25, 0.3) is 11.0 Å². The van der Waals surface area contributed by atoms with Gasteiger partial charge in [-0.25, -0.2) is 4.98 Å². The maximum atomic E-state index is 9.76. The van der Waals surface area contributed by atoms with Crippen molar-refractivity contribution in [2.45, 2.75) is 45.9 Å². The second kappa shape index (κ2) is 4.53. The average Bonchev–Trinajstić information content (AvgIpc) is 2.69. The Balaban J connectivity index is 1.74. The summed E-state index contributed by atoms with van der Waals surface area (Å²) in [4.78, 5) is 4.49. The van der Waals surface area contributed by atoms with E-state index < -0.39 is 0 Å². The van der Waals surface area contributed by atoms with Gasteiger partial charge in [0.05, 0.1) is 11.8 Å². The predicted molar refractivity (Wildman–Crippen MR) is 78.3 cm³/mol. The van der Waals surface area contributed by atoms with Gasteiger partial charge in [-0.1, -0.05) is 13.8 Å². The summed E-state index contributed by atoms with van der Waals surface area (Å²) in [6.45, 7) is 6.99. The summed E-state index contributed by atoms with van der Waals surface area (Å²) in [6.07, 6.45) is 2.54. The van der Waals surface area contributed by atoms with E-state index in [2.05, 4.69) is 35.3 Å². The number of hydrogen-bond acceptors (Lipinski definition) is 4. The first-order chi connectivity index (χ1) is 9.39. The van der Waals surface area contributed by atoms with Crippen molar-refractivity contribution in [3.8, 4) is 0 Å². The Kier molecular flexibility index (Phi) is 3.06. The fourth-order valence-corrected chi connectivity index (χ4v) is 2.94. The van der Waals surface area contributed by atoms with Crippen LogP contribution in [0.1, 0.15) is 31.5 Å². The Morgan fingerprint density at radius 2 is 2.25 bits per heavy atom. The molecule has 0 aromatic carbocycles. The highest BCUT2D eigenvalue weighted by atomic mass is 16.3. The van der Waals surface area contributed by atoms with Crippen LogP contribution in [0.2, 0.25) is 0 Å². The molecule has 0 bridgehead atoms. The summed E-state index contributed by atoms with van der Waals surface area (Å²) >= 11 is 0. The van der Waals surface area contributed by atoms with Crippen molar-refractivity contribution >= 4 is 11.0 Å². The van der Waals surface area contributed by atoms with Crippen molar-refractivity contribution in [3.05, 3.63) is 23.5 Å². The largest absolute Gasteiger partial charge is 0.392 e. The quantitative estimate of drug-likeness (QED) is 0.891. The summed E-state index contributed by atoms with van der Waals surface area (Å²) in [5, 5.41) is 18.8. The molecule has 2 aromatic heterocycles. The minimum atomic E-state index is -0.193. The zero-order chi connectivity index (χ0) is 14.5. The van der Waals surface area contributed by atoms with Crippen molar-refractivity contribution in [1.82, 2.24) is 20.1 Å². The highest BCUT2D eigenvalue weighted by Gasteiger charge is 2.46. The Labute approximate surface area is 119 Å². The summed E-state index contributed by atoms with van der Waals surface area (Å²) in [6, 6.07) is 2.52. The van der Waals surface area contributed by atoms with Gasteiger partial charge in [0.15, 0.2) is 5.65 Å². The normalized spacial score (nSPS) is 24.9. The molecule has 1 saturated carbocycles. The van der Waals surface area contributed by atoms with Crippen molar-refractivity contribution in [3.63, 3.8) is 0 Å². The van der Waals surface area contributed by atoms with Crippen LogP contribution in [0.15, 0.2) is 12.3 Å². The van der Waals surface area contributed by atoms with Crippen LogP contribution < -0.4 is 5.32 Å². The zero-order valence-electron chi connectivity index (χ0n) is 12.5. The van der Waals surface area contributed by atoms with Gasteiger partial charge in [-0.2, -0.15) is 5.10 Å². The second-order valence-corrected chi connectivity index (χ2v) is 6.43. The molecule has 3 rings (SSSR count). The van der Waals surface area contributed by atoms with Crippen LogP contribution in [-0.2, 0) is 13.6 Å². The van der Waals surface area contributed by atoms with E-state index in [4.69, 9.17) is 0 Å². The van der Waals surface area contributed by atoms with E-state index in [1.165, 1.54) is 0 Å². The second-order valence-electron chi connectivity index (χ2n) is 6.43. The number of nitrogens with one attached hydrogen (secondary N) is 1. The Hall–Kier alpha value is -1.46. The number of aryl methyl sites for hydroxylation is 2. The fourth-order valence-electron chi connectivity index (χ4n) is 2.94. The molecular weight excluding hydrogens is 252 g/mol. The molecule has 0 saturated heterocycles. The summed E-state index contributed by atoms with van der Waals surface area (Å²) in [7, 11) is 1.92. The highest BCUT2D eigenvalue weighted by molar-refractivity contribution is 5.78. The average molecular weight is 274 g/mol. The maximum Gasteiger partial charge on any atom is 0.157 e. The van der Waals surface area contributed by atoms with E-state index in [0.717, 1.165) is 35.3 Å². The lowest BCUT2D eigenvalue weighted by Gasteiger charge is -2.49. The number of aliphatic hydroxyl groups excluding tert-OH is 1. The molecule has 2 N–H and O–H groups in total. The maximum absolute atomic E-state index is 9.76. The first-order valence-electron chi connectivity index (χ1n) is 7.09. The fraction of sp³-hybridized carbons (Fsp3) is 0.600. The number of aromatic nitrogens is 3. The van der Waals surface area contributed by atoms with E-state index in [1.807, 2.05) is 24.9 Å². The van der Waals surface area contributed by atoms with Gasteiger partial charge in [0, 0.05) is 36.6 Å². The smallest absolute Gasteiger partial charge is 0.157 e. The van der Waals surface area contributed by atoms with Crippen molar-refractivity contribution in [2.24, 2.45) is 12.5 Å². The van der Waals surface area contributed by atoms with E-state index in [-0.39, 0.29) is 11.5 Å². The minimum absolute atomic E-state index is 0.0399. The molecule has 2 atom stereocenters. The molecule has 5 heteroatoms. The molecule has 20 heavy (non-hydrogen) atoms. The van der Waals surface area contributed by atoms with Gasteiger partial charge < -0.3 is 10.4 Å². The van der Waals surface area contributed by atoms with Crippen LogP contribution in [0.3, 0.4) is 0 Å². The lowest BCUT2D eigenvalue weighted by atomic mass is 9.64. The molecule has 0 radical (unpaired) electrons. The molecular formula is C15H22N4O. The lowest BCUT2D eigenvalue weighted by Crippen LogP contribution is -2.59. The lowest BCUT2D eigenvalue weighted by molar-refractivity contribution is -0.0729. The highest BCUT2D eigenvalue weighted by Crippen LogP contribution is 2.40. The van der Waals surface area contributed by atoms with E-state index >= 15 is 0 Å². The molecule has 0 amide bonds. The first-order valence-corrected chi connectivity index (χ1v) is 7.09. The van der Waals surface area contributed by atoms with Crippen LogP contribution in [0, 0.1) is 12.3 Å². The summed E-state index contributed by atoms with van der Waals surface area (Å²) < 4.78 is 1.81. The summed E-state index contributed by atoms with van der Waals surface area (Å²) in [5.41, 5.74) is 3.05. The monoisotopic (exact) mass is 274 g/mol. The number of hydrogen-bond donors (Lipinski definition) is 2. The predicted octanol–water partition coefficient (Wildman–Crippen LogP) is 1.53. The van der Waals surface area contributed by atoms with Gasteiger partial charge in [0.2, 0.25) is 0 Å². The molecule has 1 fully saturated rings. The van der Waals surface area contributed by atoms with Crippen molar-refractivity contribution < 1.29 is 5.11 Å². The SMILES string of the molecule is Cc1nn(C)c2ncc(CNC3CC(O)C3(C)C)cc12. The number of nitrogens with zero attached hydrogens (tertiary/aromatic N) is 3. The van der Waals surface area contributed by atoms with Crippen molar-refractivity contribution in [2.75, 3.05) is 0 Å². The van der Waals surface area contributed by atoms with Gasteiger partial charge in [0.25, 0.3) is 0 Å². The van der Waals surface area contributed by atoms with E-state index in [1.54, 1.807) is 0 Å². The Morgan fingerprint density at radius 1 is 1.50 bits per heavy atom. The molecule has 0 aliphatic heterocycles. The third kappa shape index (κ3) is 2.01. The van der Waals surface area contributed by atoms with Crippen LogP contribution >= 0.6 is 0 Å². The Morgan fingerprint density at radius 3 is 2.90 bits per heavy atom. The number of aliphatic hydroxyl groups is 1. The van der Waals surface area contributed by atoms with Gasteiger partial charge in [-0.15, -0.1) is 0 Å².